The Kier molecular flexibility index (Phi) is 6.80. The van der Waals surface area contributed by atoms with Crippen molar-refractivity contribution in [2.45, 2.75) is 11.3 Å². The van der Waals surface area contributed by atoms with Crippen LogP contribution in [0, 0.1) is 0 Å². The molecule has 0 saturated heterocycles. The van der Waals surface area contributed by atoms with Gasteiger partial charge in [-0.15, -0.1) is 0 Å². The average Bonchev–Trinajstić information content (AvgIpc) is 2.83. The molecule has 4 rings (SSSR count). The number of amides is 1. The van der Waals surface area contributed by atoms with Gasteiger partial charge < -0.3 is 10.1 Å². The third kappa shape index (κ3) is 5.45. The molecule has 0 atom stereocenters. The van der Waals surface area contributed by atoms with E-state index >= 15 is 0 Å². The van der Waals surface area contributed by atoms with Gasteiger partial charge in [0.1, 0.15) is 10.7 Å². The number of rotatable bonds is 9. The number of carbonyl (C=O) groups is 1. The lowest BCUT2D eigenvalue weighted by Gasteiger charge is -2.22. The number of aliphatic imine (C=N–C) groups is 1. The fraction of sp³-hybridized carbons (Fsp3) is 0.0769. The van der Waals surface area contributed by atoms with Crippen LogP contribution in [0.25, 0.3) is 6.08 Å². The van der Waals surface area contributed by atoms with Crippen LogP contribution < -0.4 is 10.1 Å². The highest BCUT2D eigenvalue weighted by Gasteiger charge is 2.35. The summed E-state index contributed by atoms with van der Waals surface area (Å²) in [5.74, 6) is 0.0866. The van der Waals surface area contributed by atoms with E-state index in [1.165, 1.54) is 12.1 Å². The summed E-state index contributed by atoms with van der Waals surface area (Å²) in [5.41, 5.74) is 1.39. The zero-order valence-electron chi connectivity index (χ0n) is 17.7. The highest BCUT2D eigenvalue weighted by molar-refractivity contribution is 7.96. The lowest BCUT2D eigenvalue weighted by molar-refractivity contribution is -0.122. The van der Waals surface area contributed by atoms with Gasteiger partial charge in [0.2, 0.25) is 9.84 Å². The Labute approximate surface area is 192 Å². The SMILES string of the molecule is O=C(COc1ccccc1)NC1=C(S(=O)(=O)c2ccccc2)C(CC=Cc2ccccc2)=N1. The number of allylic oxidation sites excluding steroid dienone is 2. The third-order valence-corrected chi connectivity index (χ3v) is 6.70. The fourth-order valence-corrected chi connectivity index (χ4v) is 4.79. The molecule has 33 heavy (non-hydrogen) atoms. The smallest absolute Gasteiger partial charge is 0.263 e. The quantitative estimate of drug-likeness (QED) is 0.516. The second kappa shape index (κ2) is 10.1. The van der Waals surface area contributed by atoms with Crippen molar-refractivity contribution in [1.82, 2.24) is 5.32 Å². The molecule has 0 aliphatic carbocycles. The highest BCUT2D eigenvalue weighted by atomic mass is 32.2. The second-order valence-corrected chi connectivity index (χ2v) is 9.11. The Morgan fingerprint density at radius 3 is 2.15 bits per heavy atom. The van der Waals surface area contributed by atoms with Crippen molar-refractivity contribution in [3.63, 3.8) is 0 Å². The molecule has 1 amide bonds. The second-order valence-electron chi connectivity index (χ2n) is 7.22. The van der Waals surface area contributed by atoms with Gasteiger partial charge in [-0.1, -0.05) is 78.9 Å². The Morgan fingerprint density at radius 2 is 1.48 bits per heavy atom. The molecule has 1 heterocycles. The summed E-state index contributed by atoms with van der Waals surface area (Å²) in [6, 6.07) is 26.7. The molecular formula is C26H22N2O4S. The number of para-hydroxylation sites is 1. The van der Waals surface area contributed by atoms with Crippen molar-refractivity contribution >= 4 is 27.5 Å². The van der Waals surface area contributed by atoms with E-state index in [1.807, 2.05) is 48.6 Å². The number of sulfone groups is 1. The van der Waals surface area contributed by atoms with E-state index in [0.29, 0.717) is 17.9 Å². The molecular weight excluding hydrogens is 436 g/mol. The standard InChI is InChI=1S/C26H22N2O4S/c29-24(19-32-21-14-6-2-7-15-21)28-26-25(33(30,31)22-16-8-3-9-17-22)23(27-26)18-10-13-20-11-4-1-5-12-20/h1-17H,18-19H2,(H,27,28,29). The van der Waals surface area contributed by atoms with Crippen LogP contribution in [0.1, 0.15) is 12.0 Å². The molecule has 0 bridgehead atoms. The Balaban J connectivity index is 1.51. The minimum atomic E-state index is -3.85. The molecule has 0 aromatic heterocycles. The van der Waals surface area contributed by atoms with Crippen LogP contribution in [-0.2, 0) is 14.6 Å². The van der Waals surface area contributed by atoms with Crippen molar-refractivity contribution in [2.24, 2.45) is 4.99 Å². The number of nitrogens with one attached hydrogen (secondary N) is 1. The normalized spacial score (nSPS) is 13.4. The van der Waals surface area contributed by atoms with Crippen molar-refractivity contribution in [2.75, 3.05) is 6.61 Å². The van der Waals surface area contributed by atoms with E-state index in [-0.39, 0.29) is 22.2 Å². The molecule has 7 heteroatoms. The molecule has 0 spiro atoms. The van der Waals surface area contributed by atoms with Crippen LogP contribution in [0.15, 0.2) is 118 Å². The molecule has 0 radical (unpaired) electrons. The summed E-state index contributed by atoms with van der Waals surface area (Å²) in [6.45, 7) is -0.259. The minimum absolute atomic E-state index is 0.0273. The van der Waals surface area contributed by atoms with Gasteiger partial charge >= 0.3 is 0 Å². The van der Waals surface area contributed by atoms with Crippen LogP contribution in [0.5, 0.6) is 5.75 Å². The molecule has 0 saturated carbocycles. The number of ether oxygens (including phenoxy) is 1. The molecule has 1 N–H and O–H groups in total. The fourth-order valence-electron chi connectivity index (χ4n) is 3.25. The molecule has 0 unspecified atom stereocenters. The molecule has 0 fully saturated rings. The zero-order chi connectivity index (χ0) is 23.1. The van der Waals surface area contributed by atoms with E-state index < -0.39 is 15.7 Å². The van der Waals surface area contributed by atoms with E-state index in [4.69, 9.17) is 4.74 Å². The number of hydrogen-bond donors (Lipinski definition) is 1. The molecule has 1 aliphatic rings. The zero-order valence-corrected chi connectivity index (χ0v) is 18.5. The van der Waals surface area contributed by atoms with Crippen LogP contribution >= 0.6 is 0 Å². The van der Waals surface area contributed by atoms with Crippen LogP contribution in [-0.4, -0.2) is 26.6 Å². The van der Waals surface area contributed by atoms with Gasteiger partial charge in [-0.2, -0.15) is 0 Å². The van der Waals surface area contributed by atoms with Crippen LogP contribution in [0.4, 0.5) is 0 Å². The van der Waals surface area contributed by atoms with Gasteiger partial charge in [0, 0.05) is 6.42 Å². The van der Waals surface area contributed by atoms with Gasteiger partial charge in [0.05, 0.1) is 10.6 Å². The predicted molar refractivity (Wildman–Crippen MR) is 128 cm³/mol. The predicted octanol–water partition coefficient (Wildman–Crippen LogP) is 4.38. The maximum Gasteiger partial charge on any atom is 0.263 e. The first-order chi connectivity index (χ1) is 16.0. The van der Waals surface area contributed by atoms with Gasteiger partial charge in [-0.3, -0.25) is 4.79 Å². The molecule has 166 valence electrons. The summed E-state index contributed by atoms with van der Waals surface area (Å²) in [6.07, 6.45) is 4.07. The van der Waals surface area contributed by atoms with E-state index in [2.05, 4.69) is 10.3 Å². The van der Waals surface area contributed by atoms with Crippen molar-refractivity contribution in [3.8, 4) is 5.75 Å². The summed E-state index contributed by atoms with van der Waals surface area (Å²) in [5, 5.41) is 2.58. The van der Waals surface area contributed by atoms with E-state index in [0.717, 1.165) is 5.56 Å². The van der Waals surface area contributed by atoms with Crippen LogP contribution in [0.2, 0.25) is 0 Å². The van der Waals surface area contributed by atoms with Gasteiger partial charge in [0.25, 0.3) is 5.91 Å². The largest absolute Gasteiger partial charge is 0.484 e. The number of benzene rings is 3. The number of carbonyl (C=O) groups excluding carboxylic acids is 1. The monoisotopic (exact) mass is 458 g/mol. The van der Waals surface area contributed by atoms with Crippen molar-refractivity contribution < 1.29 is 17.9 Å². The van der Waals surface area contributed by atoms with Gasteiger partial charge in [-0.25, -0.2) is 13.4 Å². The molecule has 3 aromatic carbocycles. The Bertz CT molecular complexity index is 1310. The van der Waals surface area contributed by atoms with Gasteiger partial charge in [-0.05, 0) is 29.8 Å². The summed E-state index contributed by atoms with van der Waals surface area (Å²) >= 11 is 0. The summed E-state index contributed by atoms with van der Waals surface area (Å²) < 4.78 is 32.0. The minimum Gasteiger partial charge on any atom is -0.484 e. The number of hydrogen-bond acceptors (Lipinski definition) is 5. The van der Waals surface area contributed by atoms with E-state index in [1.54, 1.807) is 42.5 Å². The maximum atomic E-state index is 13.3. The summed E-state index contributed by atoms with van der Waals surface area (Å²) in [7, 11) is -3.85. The van der Waals surface area contributed by atoms with Crippen LogP contribution in [0.3, 0.4) is 0 Å². The molecule has 3 aromatic rings. The lowest BCUT2D eigenvalue weighted by Crippen LogP contribution is -2.35. The lowest BCUT2D eigenvalue weighted by atomic mass is 10.1. The van der Waals surface area contributed by atoms with E-state index in [9.17, 15) is 13.2 Å². The Morgan fingerprint density at radius 1 is 0.879 bits per heavy atom. The first-order valence-electron chi connectivity index (χ1n) is 10.4. The van der Waals surface area contributed by atoms with Gasteiger partial charge in [0.15, 0.2) is 12.4 Å². The topological polar surface area (TPSA) is 84.8 Å². The maximum absolute atomic E-state index is 13.3. The molecule has 6 nitrogen and oxygen atoms in total. The highest BCUT2D eigenvalue weighted by Crippen LogP contribution is 2.31. The third-order valence-electron chi connectivity index (χ3n) is 4.84. The van der Waals surface area contributed by atoms with Crippen molar-refractivity contribution in [1.29, 1.82) is 0 Å². The summed E-state index contributed by atoms with van der Waals surface area (Å²) in [4.78, 5) is 16.9. The first-order valence-corrected chi connectivity index (χ1v) is 11.8. The average molecular weight is 459 g/mol. The number of nitrogens with zero attached hydrogens (tertiary/aromatic N) is 1. The van der Waals surface area contributed by atoms with Crippen molar-refractivity contribution in [3.05, 3.63) is 113 Å². The first kappa shape index (κ1) is 22.2. The Hall–Kier alpha value is -3.97. The molecule has 1 aliphatic heterocycles.